The van der Waals surface area contributed by atoms with Crippen LogP contribution < -0.4 is 11.1 Å². The van der Waals surface area contributed by atoms with Gasteiger partial charge in [-0.2, -0.15) is 13.2 Å². The molecular formula is C33H42ClF3N6O4S. The maximum atomic E-state index is 13.9. The molecule has 2 aromatic rings. The van der Waals surface area contributed by atoms with E-state index in [1.807, 2.05) is 10.8 Å². The first-order chi connectivity index (χ1) is 22.9. The molecule has 0 spiro atoms. The highest BCUT2D eigenvalue weighted by molar-refractivity contribution is 7.08. The number of rotatable bonds is 6. The predicted octanol–water partition coefficient (Wildman–Crippen LogP) is 6.14. The van der Waals surface area contributed by atoms with E-state index in [4.69, 9.17) is 22.1 Å². The van der Waals surface area contributed by atoms with Crippen LogP contribution >= 0.6 is 22.9 Å². The van der Waals surface area contributed by atoms with E-state index < -0.39 is 35.5 Å². The Balaban J connectivity index is 1.13. The van der Waals surface area contributed by atoms with Crippen molar-refractivity contribution in [2.24, 2.45) is 11.8 Å². The van der Waals surface area contributed by atoms with Gasteiger partial charge in [0.25, 0.3) is 5.91 Å². The van der Waals surface area contributed by atoms with Crippen LogP contribution in [-0.2, 0) is 28.7 Å². The summed E-state index contributed by atoms with van der Waals surface area (Å²) in [5.74, 6) is 0.678. The van der Waals surface area contributed by atoms with Gasteiger partial charge in [0.1, 0.15) is 0 Å². The first-order valence-electron chi connectivity index (χ1n) is 16.6. The van der Waals surface area contributed by atoms with E-state index in [1.54, 1.807) is 9.80 Å². The van der Waals surface area contributed by atoms with Crippen LogP contribution in [0.2, 0.25) is 5.02 Å². The Morgan fingerprint density at radius 3 is 2.27 bits per heavy atom. The summed E-state index contributed by atoms with van der Waals surface area (Å²) in [6.07, 6.45) is -2.14. The van der Waals surface area contributed by atoms with Crippen LogP contribution in [0.5, 0.6) is 0 Å². The van der Waals surface area contributed by atoms with Crippen molar-refractivity contribution in [3.8, 4) is 0 Å². The number of hydrogen-bond acceptors (Lipinski definition) is 7. The molecule has 0 aliphatic carbocycles. The van der Waals surface area contributed by atoms with Crippen LogP contribution in [0.3, 0.4) is 0 Å². The predicted molar refractivity (Wildman–Crippen MR) is 178 cm³/mol. The third-order valence-electron chi connectivity index (χ3n) is 10.5. The van der Waals surface area contributed by atoms with Crippen molar-refractivity contribution in [1.82, 2.24) is 19.6 Å². The molecule has 3 fully saturated rings. The molecule has 0 radical (unpaired) electrons. The molecule has 1 aromatic carbocycles. The standard InChI is InChI=1S/C33H42ClF3N6O4S/c1-40-8-2-21(3-9-40)22-4-10-41(11-5-22)30(44)28(16-20-14-25(33(35,36)37)29(38)26(34)15-20)47-32(46)42-12-6-24(7-13-42)43-17-23-18-48-19-27(23)39-31(43)45/h14-15,18-19,21-22,24,28H,2-13,16-17,38H2,1H3,(H,39,45)/t28-/m1/s1. The lowest BCUT2D eigenvalue weighted by Crippen LogP contribution is -2.52. The van der Waals surface area contributed by atoms with Gasteiger partial charge in [-0.1, -0.05) is 11.6 Å². The molecule has 3 N–H and O–H groups in total. The van der Waals surface area contributed by atoms with Gasteiger partial charge in [0, 0.05) is 49.6 Å². The number of benzene rings is 1. The number of piperidine rings is 3. The number of anilines is 2. The lowest BCUT2D eigenvalue weighted by atomic mass is 9.79. The summed E-state index contributed by atoms with van der Waals surface area (Å²) in [4.78, 5) is 47.5. The number of nitrogens with two attached hydrogens (primary N) is 1. The van der Waals surface area contributed by atoms with E-state index in [1.165, 1.54) is 22.3 Å². The minimum absolute atomic E-state index is 0.0805. The number of fused-ring (bicyclic) bond motifs is 1. The molecule has 262 valence electrons. The van der Waals surface area contributed by atoms with E-state index in [9.17, 15) is 27.6 Å². The van der Waals surface area contributed by atoms with Crippen LogP contribution in [0.15, 0.2) is 22.9 Å². The highest BCUT2D eigenvalue weighted by Gasteiger charge is 2.39. The van der Waals surface area contributed by atoms with Gasteiger partial charge in [0.2, 0.25) is 0 Å². The molecule has 3 saturated heterocycles. The van der Waals surface area contributed by atoms with Crippen LogP contribution in [0.4, 0.5) is 34.1 Å². The van der Waals surface area contributed by atoms with E-state index in [2.05, 4.69) is 17.3 Å². The molecule has 4 aliphatic rings. The molecular weight excluding hydrogens is 669 g/mol. The van der Waals surface area contributed by atoms with Crippen LogP contribution in [0.25, 0.3) is 0 Å². The average molecular weight is 711 g/mol. The van der Waals surface area contributed by atoms with Crippen molar-refractivity contribution in [3.05, 3.63) is 44.6 Å². The van der Waals surface area contributed by atoms with Gasteiger partial charge in [-0.05, 0) is 93.6 Å². The molecule has 48 heavy (non-hydrogen) atoms. The van der Waals surface area contributed by atoms with Gasteiger partial charge in [-0.3, -0.25) is 4.79 Å². The number of alkyl halides is 3. The summed E-state index contributed by atoms with van der Waals surface area (Å²) in [6.45, 7) is 4.21. The molecule has 15 heteroatoms. The van der Waals surface area contributed by atoms with Gasteiger partial charge < -0.3 is 35.4 Å². The zero-order chi connectivity index (χ0) is 34.2. The zero-order valence-electron chi connectivity index (χ0n) is 26.9. The first-order valence-corrected chi connectivity index (χ1v) is 17.9. The van der Waals surface area contributed by atoms with Crippen molar-refractivity contribution < 1.29 is 32.3 Å². The minimum Gasteiger partial charge on any atom is -0.436 e. The molecule has 0 saturated carbocycles. The molecule has 6 rings (SSSR count). The Labute approximate surface area is 287 Å². The third kappa shape index (κ3) is 7.65. The van der Waals surface area contributed by atoms with Crippen molar-refractivity contribution in [2.75, 3.05) is 57.4 Å². The van der Waals surface area contributed by atoms with E-state index in [0.29, 0.717) is 57.4 Å². The van der Waals surface area contributed by atoms with Crippen molar-refractivity contribution in [3.63, 3.8) is 0 Å². The maximum absolute atomic E-state index is 13.9. The number of nitrogens with one attached hydrogen (secondary N) is 1. The van der Waals surface area contributed by atoms with E-state index in [-0.39, 0.29) is 29.1 Å². The largest absolute Gasteiger partial charge is 0.436 e. The fourth-order valence-electron chi connectivity index (χ4n) is 7.56. The van der Waals surface area contributed by atoms with Crippen LogP contribution in [-0.4, -0.2) is 96.1 Å². The van der Waals surface area contributed by atoms with Crippen LogP contribution in [0.1, 0.15) is 55.2 Å². The van der Waals surface area contributed by atoms with E-state index >= 15 is 0 Å². The maximum Gasteiger partial charge on any atom is 0.418 e. The average Bonchev–Trinajstić information content (AvgIpc) is 3.52. The number of thiophene rings is 1. The quantitative estimate of drug-likeness (QED) is 0.349. The lowest BCUT2D eigenvalue weighted by Gasteiger charge is -2.41. The van der Waals surface area contributed by atoms with Gasteiger partial charge in [-0.25, -0.2) is 9.59 Å². The molecule has 10 nitrogen and oxygen atoms in total. The zero-order valence-corrected chi connectivity index (χ0v) is 28.5. The SMILES string of the molecule is CN1CCC(C2CCN(C(=O)[C@@H](Cc3cc(Cl)c(N)c(C(F)(F)F)c3)OC(=O)N3CCC(N4Cc5cscc5NC4=O)CC3)CC2)CC1. The molecule has 1 aromatic heterocycles. The summed E-state index contributed by atoms with van der Waals surface area (Å²) < 4.78 is 47.2. The fraction of sp³-hybridized carbons (Fsp3) is 0.606. The fourth-order valence-corrected chi connectivity index (χ4v) is 8.59. The number of carbonyl (C=O) groups is 3. The number of carbonyl (C=O) groups excluding carboxylic acids is 3. The summed E-state index contributed by atoms with van der Waals surface area (Å²) in [5, 5.41) is 6.55. The summed E-state index contributed by atoms with van der Waals surface area (Å²) in [6, 6.07) is 1.91. The molecule has 5 heterocycles. The number of nitrogens with zero attached hydrogens (tertiary/aromatic N) is 4. The third-order valence-corrected chi connectivity index (χ3v) is 11.6. The van der Waals surface area contributed by atoms with Crippen LogP contribution in [0, 0.1) is 11.8 Å². The Kier molecular flexibility index (Phi) is 10.3. The number of halogens is 4. The number of urea groups is 1. The Bertz CT molecular complexity index is 1500. The number of likely N-dealkylation sites (tertiary alicyclic amines) is 3. The van der Waals surface area contributed by atoms with Crippen molar-refractivity contribution in [1.29, 1.82) is 0 Å². The number of nitrogen functional groups attached to an aromatic ring is 1. The van der Waals surface area contributed by atoms with Gasteiger partial charge >= 0.3 is 18.3 Å². The van der Waals surface area contributed by atoms with Crippen molar-refractivity contribution in [2.45, 2.75) is 69.8 Å². The van der Waals surface area contributed by atoms with Gasteiger partial charge in [-0.15, -0.1) is 11.3 Å². The lowest BCUT2D eigenvalue weighted by molar-refractivity contribution is -0.142. The smallest absolute Gasteiger partial charge is 0.418 e. The Hall–Kier alpha value is -3.23. The second kappa shape index (κ2) is 14.3. The molecule has 0 unspecified atom stereocenters. The summed E-state index contributed by atoms with van der Waals surface area (Å²) in [5.41, 5.74) is 5.93. The summed E-state index contributed by atoms with van der Waals surface area (Å²) >= 11 is 7.63. The minimum atomic E-state index is -4.75. The number of ether oxygens (including phenoxy) is 1. The van der Waals surface area contributed by atoms with E-state index in [0.717, 1.165) is 56.1 Å². The Morgan fingerprint density at radius 2 is 1.62 bits per heavy atom. The number of hydrogen-bond donors (Lipinski definition) is 2. The molecule has 1 atom stereocenters. The number of amides is 4. The second-order valence-electron chi connectivity index (χ2n) is 13.5. The topological polar surface area (TPSA) is 111 Å². The molecule has 4 aliphatic heterocycles. The van der Waals surface area contributed by atoms with Crippen molar-refractivity contribution >= 4 is 52.3 Å². The molecule has 4 amide bonds. The normalized spacial score (nSPS) is 21.2. The molecule has 0 bridgehead atoms. The first kappa shape index (κ1) is 34.6. The highest BCUT2D eigenvalue weighted by atomic mass is 35.5. The second-order valence-corrected chi connectivity index (χ2v) is 14.7. The monoisotopic (exact) mass is 710 g/mol. The summed E-state index contributed by atoms with van der Waals surface area (Å²) in [7, 11) is 2.12. The van der Waals surface area contributed by atoms with Gasteiger partial charge in [0.15, 0.2) is 6.10 Å². The Morgan fingerprint density at radius 1 is 1.00 bits per heavy atom. The van der Waals surface area contributed by atoms with Gasteiger partial charge in [0.05, 0.1) is 28.5 Å². The highest BCUT2D eigenvalue weighted by Crippen LogP contribution is 2.39.